The topological polar surface area (TPSA) is 45.2 Å². The Labute approximate surface area is 212 Å². The fourth-order valence-corrected chi connectivity index (χ4v) is 5.09. The molecule has 1 fully saturated rings. The van der Waals surface area contributed by atoms with Gasteiger partial charge in [-0.05, 0) is 86.3 Å². The number of aromatic nitrogens is 1. The van der Waals surface area contributed by atoms with Crippen LogP contribution in [-0.2, 0) is 6.54 Å². The first-order valence-corrected chi connectivity index (χ1v) is 12.7. The SMILES string of the molecule is C[C@@H]1CCC[C@H](C)N1Cc1ccc2cc(NC(=O)c3ccc(-c4ccc(Cl)cc4)cc3)ccc2n1. The largest absolute Gasteiger partial charge is 0.322 e. The molecule has 5 heteroatoms. The predicted octanol–water partition coefficient (Wildman–Crippen LogP) is 7.57. The van der Waals surface area contributed by atoms with Crippen molar-refractivity contribution in [2.45, 2.75) is 51.7 Å². The molecule has 35 heavy (non-hydrogen) atoms. The first-order chi connectivity index (χ1) is 17.0. The molecule has 0 radical (unpaired) electrons. The zero-order valence-electron chi connectivity index (χ0n) is 20.2. The van der Waals surface area contributed by atoms with Gasteiger partial charge in [-0.1, -0.05) is 48.4 Å². The normalized spacial score (nSPS) is 18.5. The molecule has 2 heterocycles. The number of pyridine rings is 1. The second-order valence-corrected chi connectivity index (χ2v) is 9.99. The summed E-state index contributed by atoms with van der Waals surface area (Å²) in [6, 6.07) is 26.6. The molecule has 1 amide bonds. The number of hydrogen-bond donors (Lipinski definition) is 1. The number of nitrogens with one attached hydrogen (secondary N) is 1. The highest BCUT2D eigenvalue weighted by atomic mass is 35.5. The lowest BCUT2D eigenvalue weighted by molar-refractivity contribution is 0.0939. The van der Waals surface area contributed by atoms with Crippen LogP contribution >= 0.6 is 11.6 Å². The summed E-state index contributed by atoms with van der Waals surface area (Å²) in [6.45, 7) is 5.51. The summed E-state index contributed by atoms with van der Waals surface area (Å²) in [4.78, 5) is 20.3. The summed E-state index contributed by atoms with van der Waals surface area (Å²) in [5.41, 5.74) is 5.52. The Morgan fingerprint density at radius 3 is 2.26 bits per heavy atom. The minimum atomic E-state index is -0.135. The molecule has 0 aliphatic carbocycles. The van der Waals surface area contributed by atoms with E-state index in [0.29, 0.717) is 22.7 Å². The molecule has 2 atom stereocenters. The highest BCUT2D eigenvalue weighted by Crippen LogP contribution is 2.26. The Kier molecular flexibility index (Phi) is 6.85. The summed E-state index contributed by atoms with van der Waals surface area (Å²) >= 11 is 5.98. The minimum Gasteiger partial charge on any atom is -0.322 e. The maximum absolute atomic E-state index is 12.8. The molecule has 0 saturated carbocycles. The number of nitrogens with zero attached hydrogens (tertiary/aromatic N) is 2. The smallest absolute Gasteiger partial charge is 0.255 e. The van der Waals surface area contributed by atoms with Crippen LogP contribution in [0.15, 0.2) is 78.9 Å². The molecule has 3 aromatic carbocycles. The number of likely N-dealkylation sites (tertiary alicyclic amines) is 1. The second-order valence-electron chi connectivity index (χ2n) is 9.55. The first-order valence-electron chi connectivity index (χ1n) is 12.3. The van der Waals surface area contributed by atoms with Gasteiger partial charge in [0.15, 0.2) is 0 Å². The maximum atomic E-state index is 12.8. The van der Waals surface area contributed by atoms with Crippen molar-refractivity contribution in [2.24, 2.45) is 0 Å². The molecule has 1 aromatic heterocycles. The fourth-order valence-electron chi connectivity index (χ4n) is 4.97. The fraction of sp³-hybridized carbons (Fsp3) is 0.267. The summed E-state index contributed by atoms with van der Waals surface area (Å²) in [5.74, 6) is -0.135. The average Bonchev–Trinajstić information content (AvgIpc) is 2.87. The number of benzene rings is 3. The van der Waals surface area contributed by atoms with E-state index >= 15 is 0 Å². The van der Waals surface area contributed by atoms with Crippen LogP contribution < -0.4 is 5.32 Å². The van der Waals surface area contributed by atoms with Gasteiger partial charge in [0.2, 0.25) is 0 Å². The van der Waals surface area contributed by atoms with Crippen molar-refractivity contribution in [1.82, 2.24) is 9.88 Å². The van der Waals surface area contributed by atoms with Gasteiger partial charge in [0, 0.05) is 40.3 Å². The molecule has 4 aromatic rings. The average molecular weight is 484 g/mol. The molecule has 4 nitrogen and oxygen atoms in total. The highest BCUT2D eigenvalue weighted by Gasteiger charge is 2.24. The van der Waals surface area contributed by atoms with Gasteiger partial charge in [0.05, 0.1) is 11.2 Å². The van der Waals surface area contributed by atoms with E-state index in [2.05, 4.69) is 36.2 Å². The summed E-state index contributed by atoms with van der Waals surface area (Å²) < 4.78 is 0. The van der Waals surface area contributed by atoms with Gasteiger partial charge in [0.1, 0.15) is 0 Å². The van der Waals surface area contributed by atoms with Crippen LogP contribution in [0.25, 0.3) is 22.0 Å². The van der Waals surface area contributed by atoms with E-state index in [0.717, 1.165) is 40.0 Å². The lowest BCUT2D eigenvalue weighted by Crippen LogP contribution is -2.43. The number of halogens is 1. The van der Waals surface area contributed by atoms with E-state index in [1.54, 1.807) is 0 Å². The quantitative estimate of drug-likeness (QED) is 0.318. The zero-order chi connectivity index (χ0) is 24.4. The Morgan fingerprint density at radius 1 is 0.914 bits per heavy atom. The molecular formula is C30H30ClN3O. The van der Waals surface area contributed by atoms with Crippen molar-refractivity contribution in [1.29, 1.82) is 0 Å². The van der Waals surface area contributed by atoms with Gasteiger partial charge in [-0.2, -0.15) is 0 Å². The number of carbonyl (C=O) groups is 1. The molecule has 178 valence electrons. The number of hydrogen-bond acceptors (Lipinski definition) is 3. The molecule has 1 aliphatic rings. The predicted molar refractivity (Wildman–Crippen MR) is 145 cm³/mol. The minimum absolute atomic E-state index is 0.135. The lowest BCUT2D eigenvalue weighted by Gasteiger charge is -2.38. The summed E-state index contributed by atoms with van der Waals surface area (Å²) in [7, 11) is 0. The standard InChI is InChI=1S/C30H30ClN3O/c1-20-4-3-5-21(2)34(20)19-28-15-12-25-18-27(16-17-29(25)32-28)33-30(35)24-8-6-22(7-9-24)23-10-13-26(31)14-11-23/h6-18,20-21H,3-5,19H2,1-2H3,(H,33,35)/t20-,21+. The molecule has 0 spiro atoms. The maximum Gasteiger partial charge on any atom is 0.255 e. The van der Waals surface area contributed by atoms with Crippen molar-refractivity contribution in [3.63, 3.8) is 0 Å². The van der Waals surface area contributed by atoms with Crippen molar-refractivity contribution in [2.75, 3.05) is 5.32 Å². The van der Waals surface area contributed by atoms with Gasteiger partial charge in [0.25, 0.3) is 5.91 Å². The van der Waals surface area contributed by atoms with Crippen molar-refractivity contribution < 1.29 is 4.79 Å². The van der Waals surface area contributed by atoms with Gasteiger partial charge in [-0.15, -0.1) is 0 Å². The zero-order valence-corrected chi connectivity index (χ0v) is 20.9. The molecule has 1 saturated heterocycles. The van der Waals surface area contributed by atoms with Gasteiger partial charge >= 0.3 is 0 Å². The number of anilines is 1. The molecule has 0 bridgehead atoms. The van der Waals surface area contributed by atoms with E-state index in [1.807, 2.05) is 66.7 Å². The van der Waals surface area contributed by atoms with Crippen LogP contribution in [-0.4, -0.2) is 27.9 Å². The monoisotopic (exact) mass is 483 g/mol. The van der Waals surface area contributed by atoms with Gasteiger partial charge in [-0.25, -0.2) is 0 Å². The summed E-state index contributed by atoms with van der Waals surface area (Å²) in [6.07, 6.45) is 3.82. The number of fused-ring (bicyclic) bond motifs is 1. The van der Waals surface area contributed by atoms with Gasteiger partial charge in [-0.3, -0.25) is 14.7 Å². The Balaban J connectivity index is 1.27. The molecule has 5 rings (SSSR count). The third-order valence-corrected chi connectivity index (χ3v) is 7.30. The van der Waals surface area contributed by atoms with E-state index in [1.165, 1.54) is 19.3 Å². The Bertz CT molecular complexity index is 1320. The Morgan fingerprint density at radius 2 is 1.57 bits per heavy atom. The van der Waals surface area contributed by atoms with Gasteiger partial charge < -0.3 is 5.32 Å². The lowest BCUT2D eigenvalue weighted by atomic mass is 9.97. The summed E-state index contributed by atoms with van der Waals surface area (Å²) in [5, 5.41) is 4.74. The van der Waals surface area contributed by atoms with Crippen LogP contribution in [0.1, 0.15) is 49.2 Å². The number of rotatable bonds is 5. The van der Waals surface area contributed by atoms with Crippen LogP contribution in [0.4, 0.5) is 5.69 Å². The van der Waals surface area contributed by atoms with E-state index in [-0.39, 0.29) is 5.91 Å². The molecule has 1 aliphatic heterocycles. The third kappa shape index (κ3) is 5.39. The van der Waals surface area contributed by atoms with Crippen LogP contribution in [0.3, 0.4) is 0 Å². The number of amides is 1. The van der Waals surface area contributed by atoms with E-state index in [4.69, 9.17) is 16.6 Å². The van der Waals surface area contributed by atoms with Crippen LogP contribution in [0, 0.1) is 0 Å². The number of piperidine rings is 1. The Hall–Kier alpha value is -3.21. The third-order valence-electron chi connectivity index (χ3n) is 7.05. The molecular weight excluding hydrogens is 454 g/mol. The highest BCUT2D eigenvalue weighted by molar-refractivity contribution is 6.30. The van der Waals surface area contributed by atoms with Crippen LogP contribution in [0.2, 0.25) is 5.02 Å². The van der Waals surface area contributed by atoms with Crippen molar-refractivity contribution >= 4 is 34.1 Å². The van der Waals surface area contributed by atoms with Crippen molar-refractivity contribution in [3.8, 4) is 11.1 Å². The van der Waals surface area contributed by atoms with E-state index < -0.39 is 0 Å². The number of carbonyl (C=O) groups excluding carboxylic acids is 1. The van der Waals surface area contributed by atoms with Crippen molar-refractivity contribution in [3.05, 3.63) is 95.1 Å². The van der Waals surface area contributed by atoms with E-state index in [9.17, 15) is 4.79 Å². The van der Waals surface area contributed by atoms with Crippen LogP contribution in [0.5, 0.6) is 0 Å². The molecule has 1 N–H and O–H groups in total. The first kappa shape index (κ1) is 23.5. The molecule has 0 unspecified atom stereocenters. The second kappa shape index (κ2) is 10.2.